The molecule has 0 aromatic rings. The highest BCUT2D eigenvalue weighted by molar-refractivity contribution is 5.06. The van der Waals surface area contributed by atoms with Crippen molar-refractivity contribution in [3.8, 4) is 0 Å². The minimum absolute atomic E-state index is 0.857. The third kappa shape index (κ3) is 4.53. The number of rotatable bonds is 0. The summed E-state index contributed by atoms with van der Waals surface area (Å²) in [5.41, 5.74) is 0. The predicted octanol–water partition coefficient (Wildman–Crippen LogP) is 5.43. The van der Waals surface area contributed by atoms with E-state index in [0.29, 0.717) is 0 Å². The van der Waals surface area contributed by atoms with Crippen LogP contribution in [0.15, 0.2) is 36.5 Å². The second-order valence-corrected chi connectivity index (χ2v) is 5.50. The molecule has 0 heterocycles. The van der Waals surface area contributed by atoms with Gasteiger partial charge in [0.25, 0.3) is 0 Å². The molecule has 0 N–H and O–H groups in total. The van der Waals surface area contributed by atoms with Crippen LogP contribution in [-0.4, -0.2) is 0 Å². The lowest BCUT2D eigenvalue weighted by Crippen LogP contribution is -2.04. The molecule has 0 aromatic carbocycles. The maximum atomic E-state index is 2.46. The topological polar surface area (TPSA) is 0 Å². The van der Waals surface area contributed by atoms with Crippen molar-refractivity contribution in [2.45, 2.75) is 57.8 Å². The highest BCUT2D eigenvalue weighted by Crippen LogP contribution is 2.35. The van der Waals surface area contributed by atoms with Crippen molar-refractivity contribution in [2.75, 3.05) is 0 Å². The Morgan fingerprint density at radius 2 is 1.47 bits per heavy atom. The van der Waals surface area contributed by atoms with Crippen molar-refractivity contribution in [1.29, 1.82) is 0 Å². The van der Waals surface area contributed by atoms with Gasteiger partial charge in [0.15, 0.2) is 0 Å². The molecular formula is C17H26. The molecule has 2 rings (SSSR count). The van der Waals surface area contributed by atoms with E-state index in [0.717, 1.165) is 11.8 Å². The molecule has 0 bridgehead atoms. The largest absolute Gasteiger partial charge is 0.0885 e. The third-order valence-electron chi connectivity index (χ3n) is 4.19. The van der Waals surface area contributed by atoms with Crippen LogP contribution >= 0.6 is 0 Å². The first-order valence-electron chi connectivity index (χ1n) is 7.45. The highest BCUT2D eigenvalue weighted by atomic mass is 14.3. The zero-order chi connectivity index (χ0) is 11.8. The van der Waals surface area contributed by atoms with Crippen molar-refractivity contribution in [3.63, 3.8) is 0 Å². The van der Waals surface area contributed by atoms with Crippen molar-refractivity contribution in [2.24, 2.45) is 11.8 Å². The van der Waals surface area contributed by atoms with Crippen molar-refractivity contribution in [1.82, 2.24) is 0 Å². The Morgan fingerprint density at radius 1 is 0.647 bits per heavy atom. The van der Waals surface area contributed by atoms with E-state index in [1.54, 1.807) is 0 Å². The summed E-state index contributed by atoms with van der Waals surface area (Å²) < 4.78 is 0. The van der Waals surface area contributed by atoms with Gasteiger partial charge in [0, 0.05) is 0 Å². The third-order valence-corrected chi connectivity index (χ3v) is 4.19. The summed E-state index contributed by atoms with van der Waals surface area (Å²) in [5.74, 6) is 1.81. The maximum Gasteiger partial charge on any atom is -0.0202 e. The summed E-state index contributed by atoms with van der Waals surface area (Å²) in [6.45, 7) is 0. The van der Waals surface area contributed by atoms with Gasteiger partial charge in [-0.25, -0.2) is 0 Å². The fourth-order valence-corrected chi connectivity index (χ4v) is 3.13. The molecule has 1 fully saturated rings. The van der Waals surface area contributed by atoms with E-state index in [1.807, 2.05) is 0 Å². The fraction of sp³-hybridized carbons (Fsp3) is 0.647. The van der Waals surface area contributed by atoms with Crippen LogP contribution in [0.4, 0.5) is 0 Å². The summed E-state index contributed by atoms with van der Waals surface area (Å²) in [5, 5.41) is 0. The molecule has 2 atom stereocenters. The molecule has 0 nitrogen and oxygen atoms in total. The molecule has 0 aliphatic heterocycles. The number of fused-ring (bicyclic) bond motifs is 1. The van der Waals surface area contributed by atoms with E-state index >= 15 is 0 Å². The van der Waals surface area contributed by atoms with Gasteiger partial charge in [-0.05, 0) is 63.2 Å². The minimum atomic E-state index is 0.857. The Kier molecular flexibility index (Phi) is 5.61. The molecule has 1 saturated carbocycles. The van der Waals surface area contributed by atoms with E-state index < -0.39 is 0 Å². The highest BCUT2D eigenvalue weighted by Gasteiger charge is 2.23. The first-order chi connectivity index (χ1) is 8.47. The van der Waals surface area contributed by atoms with Gasteiger partial charge in [-0.1, -0.05) is 42.9 Å². The average Bonchev–Trinajstić information content (AvgIpc) is 2.78. The molecule has 94 valence electrons. The Hall–Kier alpha value is -0.780. The van der Waals surface area contributed by atoms with E-state index in [1.165, 1.54) is 57.8 Å². The second kappa shape index (κ2) is 7.53. The summed E-state index contributed by atoms with van der Waals surface area (Å²) >= 11 is 0. The molecule has 0 heteroatoms. The van der Waals surface area contributed by atoms with E-state index in [9.17, 15) is 0 Å². The van der Waals surface area contributed by atoms with Gasteiger partial charge in [-0.15, -0.1) is 0 Å². The first kappa shape index (κ1) is 12.7. The number of hydrogen-bond acceptors (Lipinski definition) is 0. The molecule has 0 saturated heterocycles. The van der Waals surface area contributed by atoms with Crippen LogP contribution < -0.4 is 0 Å². The lowest BCUT2D eigenvalue weighted by Gasteiger charge is -2.14. The Morgan fingerprint density at radius 3 is 2.41 bits per heavy atom. The number of allylic oxidation sites excluding steroid dienone is 6. The van der Waals surface area contributed by atoms with E-state index in [4.69, 9.17) is 0 Å². The maximum absolute atomic E-state index is 2.46. The van der Waals surface area contributed by atoms with Gasteiger partial charge in [-0.2, -0.15) is 0 Å². The first-order valence-corrected chi connectivity index (χ1v) is 7.45. The van der Waals surface area contributed by atoms with Crippen molar-refractivity contribution >= 4 is 0 Å². The molecule has 2 unspecified atom stereocenters. The van der Waals surface area contributed by atoms with Gasteiger partial charge in [-0.3, -0.25) is 0 Å². The summed E-state index contributed by atoms with van der Waals surface area (Å²) in [6.07, 6.45) is 26.4. The zero-order valence-electron chi connectivity index (χ0n) is 11.0. The van der Waals surface area contributed by atoms with Crippen LogP contribution in [0.5, 0.6) is 0 Å². The van der Waals surface area contributed by atoms with Gasteiger partial charge in [0.1, 0.15) is 0 Å². The van der Waals surface area contributed by atoms with Crippen LogP contribution in [0, 0.1) is 11.8 Å². The van der Waals surface area contributed by atoms with Crippen LogP contribution in [0.2, 0.25) is 0 Å². The average molecular weight is 230 g/mol. The fourth-order valence-electron chi connectivity index (χ4n) is 3.13. The SMILES string of the molecule is C1=C\CCC2CCCC2/C=C/C=C/CCCC/1. The van der Waals surface area contributed by atoms with Gasteiger partial charge < -0.3 is 0 Å². The lowest BCUT2D eigenvalue weighted by molar-refractivity contribution is 0.429. The molecule has 0 amide bonds. The molecule has 17 heavy (non-hydrogen) atoms. The van der Waals surface area contributed by atoms with Crippen LogP contribution in [0.25, 0.3) is 0 Å². The normalized spacial score (nSPS) is 36.7. The minimum Gasteiger partial charge on any atom is -0.0885 e. The summed E-state index contributed by atoms with van der Waals surface area (Å²) in [4.78, 5) is 0. The Balaban J connectivity index is 1.92. The van der Waals surface area contributed by atoms with Gasteiger partial charge in [0.05, 0.1) is 0 Å². The zero-order valence-corrected chi connectivity index (χ0v) is 11.0. The number of hydrogen-bond donors (Lipinski definition) is 0. The molecule has 0 spiro atoms. The molecule has 2 aliphatic carbocycles. The Labute approximate surface area is 106 Å². The summed E-state index contributed by atoms with van der Waals surface area (Å²) in [6, 6.07) is 0. The van der Waals surface area contributed by atoms with E-state index in [2.05, 4.69) is 36.5 Å². The van der Waals surface area contributed by atoms with Gasteiger partial charge >= 0.3 is 0 Å². The van der Waals surface area contributed by atoms with Crippen LogP contribution in [0.1, 0.15) is 57.8 Å². The molecular weight excluding hydrogens is 204 g/mol. The quantitative estimate of drug-likeness (QED) is 0.487. The monoisotopic (exact) mass is 230 g/mol. The predicted molar refractivity (Wildman–Crippen MR) is 76.0 cm³/mol. The Bertz CT molecular complexity index is 282. The smallest absolute Gasteiger partial charge is 0.0202 e. The van der Waals surface area contributed by atoms with Crippen molar-refractivity contribution in [3.05, 3.63) is 36.5 Å². The van der Waals surface area contributed by atoms with Crippen molar-refractivity contribution < 1.29 is 0 Å². The van der Waals surface area contributed by atoms with Crippen LogP contribution in [0.3, 0.4) is 0 Å². The summed E-state index contributed by atoms with van der Waals surface area (Å²) in [7, 11) is 0. The lowest BCUT2D eigenvalue weighted by atomic mass is 9.91. The van der Waals surface area contributed by atoms with E-state index in [-0.39, 0.29) is 0 Å². The second-order valence-electron chi connectivity index (χ2n) is 5.50. The molecule has 0 radical (unpaired) electrons. The standard InChI is InChI=1S/C17H26/c1-2-4-6-8-10-13-17-15-11-14-16(17)12-9-7-5-3-1/h5-9,12,16-17H,1-4,10-11,13-15H2/b7-5+,8-6-,12-9+. The molecule has 2 aliphatic rings. The molecule has 0 aromatic heterocycles. The van der Waals surface area contributed by atoms with Gasteiger partial charge in [0.2, 0.25) is 0 Å². The van der Waals surface area contributed by atoms with Crippen LogP contribution in [-0.2, 0) is 0 Å².